The number of carboxylic acid groups (broad SMARTS) is 1. The summed E-state index contributed by atoms with van der Waals surface area (Å²) in [5, 5.41) is 20.8. The molecule has 16 heavy (non-hydrogen) atoms. The minimum absolute atomic E-state index is 0.164. The van der Waals surface area contributed by atoms with Gasteiger partial charge in [0, 0.05) is 11.9 Å². The number of aliphatic hydroxyl groups is 1. The summed E-state index contributed by atoms with van der Waals surface area (Å²) in [5.41, 5.74) is 0.699. The molecule has 88 valence electrons. The Morgan fingerprint density at radius 3 is 2.50 bits per heavy atom. The quantitative estimate of drug-likeness (QED) is 0.889. The third kappa shape index (κ3) is 3.37. The fraction of sp³-hybridized carbons (Fsp3) is 0.364. The molecule has 0 saturated carbocycles. The number of halogens is 2. The van der Waals surface area contributed by atoms with E-state index in [-0.39, 0.29) is 6.42 Å². The van der Waals surface area contributed by atoms with Crippen LogP contribution in [0.15, 0.2) is 18.2 Å². The van der Waals surface area contributed by atoms with Crippen LogP contribution in [0.3, 0.4) is 0 Å². The van der Waals surface area contributed by atoms with Crippen LogP contribution in [0.2, 0.25) is 10.0 Å². The molecular formula is C11H11Cl2O3-. The summed E-state index contributed by atoms with van der Waals surface area (Å²) in [4.78, 5) is 10.8. The topological polar surface area (TPSA) is 60.4 Å². The van der Waals surface area contributed by atoms with Crippen LogP contribution in [-0.2, 0) is 11.2 Å². The molecule has 2 unspecified atom stereocenters. The Hall–Kier alpha value is -0.770. The van der Waals surface area contributed by atoms with Gasteiger partial charge in [-0.1, -0.05) is 29.3 Å². The number of aliphatic hydroxyl groups excluding tert-OH is 1. The van der Waals surface area contributed by atoms with Gasteiger partial charge in [0.05, 0.1) is 16.1 Å². The molecule has 0 aliphatic heterocycles. The van der Waals surface area contributed by atoms with E-state index in [1.165, 1.54) is 6.92 Å². The summed E-state index contributed by atoms with van der Waals surface area (Å²) in [6.45, 7) is 1.41. The fourth-order valence-electron chi connectivity index (χ4n) is 1.37. The molecule has 1 aromatic rings. The van der Waals surface area contributed by atoms with Gasteiger partial charge in [-0.2, -0.15) is 0 Å². The van der Waals surface area contributed by atoms with Crippen molar-refractivity contribution in [1.82, 2.24) is 0 Å². The number of carboxylic acids is 1. The SMILES string of the molecule is CC(O)C(Cc1ccc(Cl)c(Cl)c1)C(=O)[O-]. The zero-order valence-electron chi connectivity index (χ0n) is 8.61. The van der Waals surface area contributed by atoms with Gasteiger partial charge in [-0.3, -0.25) is 0 Å². The van der Waals surface area contributed by atoms with Gasteiger partial charge in [0.2, 0.25) is 0 Å². The normalized spacial score (nSPS) is 14.5. The highest BCUT2D eigenvalue weighted by molar-refractivity contribution is 6.42. The molecule has 5 heteroatoms. The summed E-state index contributed by atoms with van der Waals surface area (Å²) in [6, 6.07) is 4.85. The average Bonchev–Trinajstić information content (AvgIpc) is 2.18. The second kappa shape index (κ2) is 5.53. The predicted octanol–water partition coefficient (Wildman–Crippen LogP) is 1.28. The molecule has 0 aromatic heterocycles. The van der Waals surface area contributed by atoms with E-state index in [2.05, 4.69) is 0 Å². The average molecular weight is 262 g/mol. The van der Waals surface area contributed by atoms with E-state index < -0.39 is 18.0 Å². The van der Waals surface area contributed by atoms with Crippen molar-refractivity contribution >= 4 is 29.2 Å². The van der Waals surface area contributed by atoms with Crippen molar-refractivity contribution in [2.45, 2.75) is 19.4 Å². The zero-order valence-corrected chi connectivity index (χ0v) is 10.1. The van der Waals surface area contributed by atoms with E-state index in [0.717, 1.165) is 0 Å². The van der Waals surface area contributed by atoms with Gasteiger partial charge >= 0.3 is 0 Å². The first kappa shape index (κ1) is 13.3. The molecule has 0 amide bonds. The number of hydrogen-bond donors (Lipinski definition) is 1. The van der Waals surface area contributed by atoms with Gasteiger partial charge in [0.1, 0.15) is 0 Å². The van der Waals surface area contributed by atoms with Crippen molar-refractivity contribution in [2.75, 3.05) is 0 Å². The first-order valence-electron chi connectivity index (χ1n) is 4.74. The van der Waals surface area contributed by atoms with E-state index in [1.807, 2.05) is 0 Å². The van der Waals surface area contributed by atoms with Gasteiger partial charge in [0.15, 0.2) is 0 Å². The van der Waals surface area contributed by atoms with Crippen LogP contribution < -0.4 is 5.11 Å². The lowest BCUT2D eigenvalue weighted by Gasteiger charge is -2.21. The summed E-state index contributed by atoms with van der Waals surface area (Å²) < 4.78 is 0. The Morgan fingerprint density at radius 2 is 2.06 bits per heavy atom. The Balaban J connectivity index is 2.86. The third-order valence-electron chi connectivity index (χ3n) is 2.32. The van der Waals surface area contributed by atoms with E-state index in [9.17, 15) is 15.0 Å². The van der Waals surface area contributed by atoms with Crippen LogP contribution in [0.5, 0.6) is 0 Å². The van der Waals surface area contributed by atoms with Gasteiger partial charge in [0.25, 0.3) is 0 Å². The molecule has 0 bridgehead atoms. The standard InChI is InChI=1S/C11H12Cl2O3/c1-6(14)8(11(15)16)4-7-2-3-9(12)10(13)5-7/h2-3,5-6,8,14H,4H2,1H3,(H,15,16)/p-1. The second-order valence-electron chi connectivity index (χ2n) is 3.62. The van der Waals surface area contributed by atoms with Gasteiger partial charge in [-0.25, -0.2) is 0 Å². The molecule has 0 aliphatic rings. The van der Waals surface area contributed by atoms with E-state index in [1.54, 1.807) is 18.2 Å². The lowest BCUT2D eigenvalue weighted by atomic mass is 9.95. The molecule has 1 N–H and O–H groups in total. The maximum absolute atomic E-state index is 10.8. The Kier molecular flexibility index (Phi) is 4.59. The molecule has 1 aromatic carbocycles. The predicted molar refractivity (Wildman–Crippen MR) is 60.3 cm³/mol. The molecule has 0 radical (unpaired) electrons. The summed E-state index contributed by atoms with van der Waals surface area (Å²) in [7, 11) is 0. The first-order chi connectivity index (χ1) is 7.41. The van der Waals surface area contributed by atoms with E-state index in [4.69, 9.17) is 23.2 Å². The van der Waals surface area contributed by atoms with Crippen LogP contribution in [0, 0.1) is 5.92 Å². The van der Waals surface area contributed by atoms with E-state index in [0.29, 0.717) is 15.6 Å². The van der Waals surface area contributed by atoms with Crippen LogP contribution in [0.4, 0.5) is 0 Å². The van der Waals surface area contributed by atoms with Crippen molar-refractivity contribution < 1.29 is 15.0 Å². The number of benzene rings is 1. The summed E-state index contributed by atoms with van der Waals surface area (Å²) in [5.74, 6) is -2.22. The van der Waals surface area contributed by atoms with Crippen LogP contribution >= 0.6 is 23.2 Å². The minimum Gasteiger partial charge on any atom is -0.550 e. The van der Waals surface area contributed by atoms with Gasteiger partial charge in [-0.15, -0.1) is 0 Å². The molecule has 0 aliphatic carbocycles. The van der Waals surface area contributed by atoms with Gasteiger partial charge < -0.3 is 15.0 Å². The lowest BCUT2D eigenvalue weighted by Crippen LogP contribution is -2.38. The van der Waals surface area contributed by atoms with Crippen molar-refractivity contribution in [3.05, 3.63) is 33.8 Å². The summed E-state index contributed by atoms with van der Waals surface area (Å²) >= 11 is 11.5. The first-order valence-corrected chi connectivity index (χ1v) is 5.50. The molecule has 0 saturated heterocycles. The molecule has 1 rings (SSSR count). The summed E-state index contributed by atoms with van der Waals surface area (Å²) in [6.07, 6.45) is -0.809. The van der Waals surface area contributed by atoms with Crippen LogP contribution in [0.25, 0.3) is 0 Å². The largest absolute Gasteiger partial charge is 0.550 e. The number of rotatable bonds is 4. The Labute approximate surface area is 104 Å². The highest BCUT2D eigenvalue weighted by Crippen LogP contribution is 2.24. The maximum atomic E-state index is 10.8. The highest BCUT2D eigenvalue weighted by Gasteiger charge is 2.17. The molecule has 3 nitrogen and oxygen atoms in total. The number of carbonyl (C=O) groups is 1. The Bertz CT molecular complexity index is 391. The van der Waals surface area contributed by atoms with Crippen LogP contribution in [0.1, 0.15) is 12.5 Å². The molecule has 0 fully saturated rings. The Morgan fingerprint density at radius 1 is 1.44 bits per heavy atom. The number of aliphatic carboxylic acids is 1. The number of hydrogen-bond acceptors (Lipinski definition) is 3. The smallest absolute Gasteiger partial charge is 0.0595 e. The lowest BCUT2D eigenvalue weighted by molar-refractivity contribution is -0.314. The van der Waals surface area contributed by atoms with Gasteiger partial charge in [-0.05, 0) is 31.0 Å². The monoisotopic (exact) mass is 261 g/mol. The molecule has 0 heterocycles. The fourth-order valence-corrected chi connectivity index (χ4v) is 1.69. The van der Waals surface area contributed by atoms with Crippen molar-refractivity contribution in [1.29, 1.82) is 0 Å². The molecular weight excluding hydrogens is 251 g/mol. The molecule has 2 atom stereocenters. The van der Waals surface area contributed by atoms with E-state index >= 15 is 0 Å². The maximum Gasteiger partial charge on any atom is 0.0595 e. The van der Waals surface area contributed by atoms with Crippen molar-refractivity contribution in [3.63, 3.8) is 0 Å². The van der Waals surface area contributed by atoms with Crippen molar-refractivity contribution in [3.8, 4) is 0 Å². The second-order valence-corrected chi connectivity index (χ2v) is 4.43. The van der Waals surface area contributed by atoms with Crippen molar-refractivity contribution in [2.24, 2.45) is 5.92 Å². The molecule has 0 spiro atoms. The highest BCUT2D eigenvalue weighted by atomic mass is 35.5. The zero-order chi connectivity index (χ0) is 12.3. The number of carbonyl (C=O) groups excluding carboxylic acids is 1. The minimum atomic E-state index is -1.28. The van der Waals surface area contributed by atoms with Crippen LogP contribution in [-0.4, -0.2) is 17.2 Å². The third-order valence-corrected chi connectivity index (χ3v) is 3.06.